The maximum Gasteiger partial charge on any atom is 0.287 e. The summed E-state index contributed by atoms with van der Waals surface area (Å²) in [6, 6.07) is 8.86. The number of benzene rings is 1. The number of piperidine rings is 1. The molecule has 152 valence electrons. The first-order valence-electron chi connectivity index (χ1n) is 10.1. The van der Waals surface area contributed by atoms with E-state index < -0.39 is 0 Å². The summed E-state index contributed by atoms with van der Waals surface area (Å²) >= 11 is 0. The molecule has 2 aliphatic rings. The monoisotopic (exact) mass is 395 g/mol. The summed E-state index contributed by atoms with van der Waals surface area (Å²) in [4.78, 5) is 38.9. The van der Waals surface area contributed by atoms with Crippen molar-refractivity contribution in [2.45, 2.75) is 38.6 Å². The van der Waals surface area contributed by atoms with Gasteiger partial charge in [0, 0.05) is 41.9 Å². The van der Waals surface area contributed by atoms with Crippen LogP contribution in [-0.4, -0.2) is 41.8 Å². The number of furan rings is 1. The van der Waals surface area contributed by atoms with E-state index in [1.165, 1.54) is 6.26 Å². The Bertz CT molecular complexity index is 924. The summed E-state index contributed by atoms with van der Waals surface area (Å²) in [5.41, 5.74) is 2.03. The van der Waals surface area contributed by atoms with E-state index in [-0.39, 0.29) is 29.7 Å². The highest BCUT2D eigenvalue weighted by Crippen LogP contribution is 2.30. The molecule has 1 aromatic heterocycles. The van der Waals surface area contributed by atoms with Gasteiger partial charge in [-0.3, -0.25) is 14.4 Å². The van der Waals surface area contributed by atoms with Gasteiger partial charge in [-0.05, 0) is 56.9 Å². The van der Waals surface area contributed by atoms with Gasteiger partial charge in [0.1, 0.15) is 0 Å². The first-order valence-corrected chi connectivity index (χ1v) is 10.1. The number of hydrogen-bond donors (Lipinski definition) is 2. The van der Waals surface area contributed by atoms with E-state index in [2.05, 4.69) is 10.6 Å². The largest absolute Gasteiger partial charge is 0.459 e. The number of hydrogen-bond acceptors (Lipinski definition) is 4. The standard InChI is InChI=1S/C22H25N3O4/c1-14-9-12-29-19(14)21(27)23-17-7-10-25(11-8-17)22(28)16-3-2-4-18(13-16)24-20(26)15-5-6-15/h2-4,9,12-13,15,17H,5-8,10-11H2,1H3,(H,23,27)(H,24,26). The predicted octanol–water partition coefficient (Wildman–Crippen LogP) is 2.97. The molecular formula is C22H25N3O4. The molecule has 0 bridgehead atoms. The third-order valence-corrected chi connectivity index (χ3v) is 5.51. The van der Waals surface area contributed by atoms with Crippen LogP contribution in [0, 0.1) is 12.8 Å². The molecule has 1 aliphatic heterocycles. The third kappa shape index (κ3) is 4.50. The lowest BCUT2D eigenvalue weighted by molar-refractivity contribution is -0.117. The van der Waals surface area contributed by atoms with Crippen LogP contribution in [-0.2, 0) is 4.79 Å². The van der Waals surface area contributed by atoms with E-state index in [0.717, 1.165) is 18.4 Å². The van der Waals surface area contributed by atoms with E-state index in [9.17, 15) is 14.4 Å². The Hall–Kier alpha value is -3.09. The Morgan fingerprint density at radius 1 is 1.07 bits per heavy atom. The van der Waals surface area contributed by atoms with Crippen molar-refractivity contribution >= 4 is 23.4 Å². The minimum atomic E-state index is -0.212. The lowest BCUT2D eigenvalue weighted by Crippen LogP contribution is -2.46. The smallest absolute Gasteiger partial charge is 0.287 e. The average Bonchev–Trinajstić information content (AvgIpc) is 3.49. The zero-order chi connectivity index (χ0) is 20.4. The highest BCUT2D eigenvalue weighted by Gasteiger charge is 2.30. The number of likely N-dealkylation sites (tertiary alicyclic amines) is 1. The number of amides is 3. The van der Waals surface area contributed by atoms with Crippen LogP contribution in [0.3, 0.4) is 0 Å². The van der Waals surface area contributed by atoms with Gasteiger partial charge < -0.3 is 20.0 Å². The fourth-order valence-corrected chi connectivity index (χ4v) is 3.59. The topological polar surface area (TPSA) is 91.7 Å². The lowest BCUT2D eigenvalue weighted by atomic mass is 10.0. The van der Waals surface area contributed by atoms with Crippen LogP contribution in [0.1, 0.15) is 52.2 Å². The minimum Gasteiger partial charge on any atom is -0.459 e. The van der Waals surface area contributed by atoms with Gasteiger partial charge in [-0.1, -0.05) is 6.07 Å². The van der Waals surface area contributed by atoms with E-state index in [0.29, 0.717) is 42.9 Å². The zero-order valence-electron chi connectivity index (χ0n) is 16.4. The molecule has 4 rings (SSSR count). The quantitative estimate of drug-likeness (QED) is 0.814. The van der Waals surface area contributed by atoms with Crippen molar-refractivity contribution in [2.75, 3.05) is 18.4 Å². The number of nitrogens with one attached hydrogen (secondary N) is 2. The molecule has 1 saturated carbocycles. The third-order valence-electron chi connectivity index (χ3n) is 5.51. The Morgan fingerprint density at radius 2 is 1.83 bits per heavy atom. The van der Waals surface area contributed by atoms with Gasteiger partial charge in [0.15, 0.2) is 5.76 Å². The highest BCUT2D eigenvalue weighted by atomic mass is 16.3. The summed E-state index contributed by atoms with van der Waals surface area (Å²) in [6.07, 6.45) is 4.77. The molecular weight excluding hydrogens is 370 g/mol. The number of anilines is 1. The molecule has 2 heterocycles. The van der Waals surface area contributed by atoms with Crippen molar-refractivity contribution in [3.8, 4) is 0 Å². The number of nitrogens with zero attached hydrogens (tertiary/aromatic N) is 1. The van der Waals surface area contributed by atoms with Crippen LogP contribution in [0.4, 0.5) is 5.69 Å². The Labute approximate surface area is 169 Å². The molecule has 7 nitrogen and oxygen atoms in total. The summed E-state index contributed by atoms with van der Waals surface area (Å²) < 4.78 is 5.24. The van der Waals surface area contributed by atoms with Gasteiger partial charge in [-0.15, -0.1) is 0 Å². The van der Waals surface area contributed by atoms with Crippen LogP contribution >= 0.6 is 0 Å². The van der Waals surface area contributed by atoms with Gasteiger partial charge in [0.25, 0.3) is 11.8 Å². The molecule has 29 heavy (non-hydrogen) atoms. The van der Waals surface area contributed by atoms with Crippen molar-refractivity contribution in [1.29, 1.82) is 0 Å². The Morgan fingerprint density at radius 3 is 2.48 bits per heavy atom. The Balaban J connectivity index is 1.31. The van der Waals surface area contributed by atoms with Crippen LogP contribution in [0.5, 0.6) is 0 Å². The van der Waals surface area contributed by atoms with Crippen LogP contribution in [0.15, 0.2) is 41.0 Å². The molecule has 2 N–H and O–H groups in total. The Kier molecular flexibility index (Phi) is 5.38. The molecule has 2 aromatic rings. The second-order valence-corrected chi connectivity index (χ2v) is 7.82. The van der Waals surface area contributed by atoms with Crippen molar-refractivity contribution < 1.29 is 18.8 Å². The lowest BCUT2D eigenvalue weighted by Gasteiger charge is -2.32. The second kappa shape index (κ2) is 8.11. The van der Waals surface area contributed by atoms with Crippen molar-refractivity contribution in [3.05, 3.63) is 53.5 Å². The second-order valence-electron chi connectivity index (χ2n) is 7.82. The first kappa shape index (κ1) is 19.2. The summed E-state index contributed by atoms with van der Waals surface area (Å²) in [5, 5.41) is 5.87. The van der Waals surface area contributed by atoms with Gasteiger partial charge in [0.2, 0.25) is 5.91 Å². The number of aryl methyl sites for hydroxylation is 1. The summed E-state index contributed by atoms with van der Waals surface area (Å²) in [7, 11) is 0. The molecule has 1 saturated heterocycles. The summed E-state index contributed by atoms with van der Waals surface area (Å²) in [6.45, 7) is 2.97. The summed E-state index contributed by atoms with van der Waals surface area (Å²) in [5.74, 6) is 0.218. The molecule has 0 atom stereocenters. The van der Waals surface area contributed by atoms with E-state index in [1.807, 2.05) is 6.92 Å². The molecule has 0 spiro atoms. The average molecular weight is 395 g/mol. The normalized spacial score (nSPS) is 17.1. The number of carbonyl (C=O) groups excluding carboxylic acids is 3. The maximum absolute atomic E-state index is 12.9. The van der Waals surface area contributed by atoms with Crippen molar-refractivity contribution in [1.82, 2.24) is 10.2 Å². The molecule has 1 aliphatic carbocycles. The van der Waals surface area contributed by atoms with E-state index in [1.54, 1.807) is 35.2 Å². The van der Waals surface area contributed by atoms with Gasteiger partial charge in [0.05, 0.1) is 6.26 Å². The van der Waals surface area contributed by atoms with Gasteiger partial charge in [-0.25, -0.2) is 0 Å². The van der Waals surface area contributed by atoms with E-state index in [4.69, 9.17) is 4.42 Å². The van der Waals surface area contributed by atoms with Crippen LogP contribution < -0.4 is 10.6 Å². The highest BCUT2D eigenvalue weighted by molar-refractivity contribution is 5.98. The van der Waals surface area contributed by atoms with Crippen LogP contribution in [0.25, 0.3) is 0 Å². The predicted molar refractivity (Wildman–Crippen MR) is 108 cm³/mol. The molecule has 2 fully saturated rings. The number of rotatable bonds is 5. The maximum atomic E-state index is 12.9. The van der Waals surface area contributed by atoms with E-state index >= 15 is 0 Å². The van der Waals surface area contributed by atoms with Crippen LogP contribution in [0.2, 0.25) is 0 Å². The first-order chi connectivity index (χ1) is 14.0. The van der Waals surface area contributed by atoms with Gasteiger partial charge in [-0.2, -0.15) is 0 Å². The molecule has 1 aromatic carbocycles. The fraction of sp³-hybridized carbons (Fsp3) is 0.409. The van der Waals surface area contributed by atoms with Crippen molar-refractivity contribution in [2.24, 2.45) is 5.92 Å². The SMILES string of the molecule is Cc1ccoc1C(=O)NC1CCN(C(=O)c2cccc(NC(=O)C3CC3)c2)CC1. The van der Waals surface area contributed by atoms with Gasteiger partial charge >= 0.3 is 0 Å². The molecule has 7 heteroatoms. The van der Waals surface area contributed by atoms with Crippen molar-refractivity contribution in [3.63, 3.8) is 0 Å². The molecule has 0 unspecified atom stereocenters. The molecule has 0 radical (unpaired) electrons. The molecule has 3 amide bonds. The zero-order valence-corrected chi connectivity index (χ0v) is 16.4. The number of carbonyl (C=O) groups is 3. The minimum absolute atomic E-state index is 0.0141. The fourth-order valence-electron chi connectivity index (χ4n) is 3.59.